The molecule has 0 aliphatic carbocycles. The van der Waals surface area contributed by atoms with Gasteiger partial charge in [-0.05, 0) is 18.2 Å². The van der Waals surface area contributed by atoms with Crippen LogP contribution in [0.5, 0.6) is 0 Å². The SMILES string of the molecule is Cl.Nc1ccc(Br)cc1Cl. The van der Waals surface area contributed by atoms with Crippen molar-refractivity contribution >= 4 is 45.6 Å². The molecule has 0 spiro atoms. The Kier molecular flexibility index (Phi) is 4.09. The summed E-state index contributed by atoms with van der Waals surface area (Å²) in [4.78, 5) is 0. The van der Waals surface area contributed by atoms with Gasteiger partial charge in [0.2, 0.25) is 0 Å². The van der Waals surface area contributed by atoms with E-state index in [1.165, 1.54) is 0 Å². The molecule has 1 aromatic rings. The van der Waals surface area contributed by atoms with Gasteiger partial charge in [0.25, 0.3) is 0 Å². The number of nitrogen functional groups attached to an aromatic ring is 1. The van der Waals surface area contributed by atoms with Gasteiger partial charge in [-0.2, -0.15) is 0 Å². The van der Waals surface area contributed by atoms with Crippen LogP contribution in [0.3, 0.4) is 0 Å². The van der Waals surface area contributed by atoms with E-state index in [4.69, 9.17) is 17.3 Å². The first-order valence-electron chi connectivity index (χ1n) is 2.40. The monoisotopic (exact) mass is 241 g/mol. The van der Waals surface area contributed by atoms with Crippen molar-refractivity contribution in [2.75, 3.05) is 5.73 Å². The number of halogens is 3. The van der Waals surface area contributed by atoms with E-state index in [0.717, 1.165) is 4.47 Å². The average Bonchev–Trinajstić information content (AvgIpc) is 1.80. The van der Waals surface area contributed by atoms with Crippen molar-refractivity contribution in [1.29, 1.82) is 0 Å². The first-order valence-corrected chi connectivity index (χ1v) is 3.58. The van der Waals surface area contributed by atoms with Crippen molar-refractivity contribution in [3.05, 3.63) is 27.7 Å². The zero-order valence-electron chi connectivity index (χ0n) is 4.97. The number of hydrogen-bond acceptors (Lipinski definition) is 1. The van der Waals surface area contributed by atoms with Gasteiger partial charge in [-0.25, -0.2) is 0 Å². The lowest BCUT2D eigenvalue weighted by Crippen LogP contribution is -1.83. The topological polar surface area (TPSA) is 26.0 Å². The number of nitrogens with two attached hydrogens (primary N) is 1. The number of anilines is 1. The van der Waals surface area contributed by atoms with Gasteiger partial charge in [0.1, 0.15) is 0 Å². The highest BCUT2D eigenvalue weighted by molar-refractivity contribution is 9.10. The maximum absolute atomic E-state index is 5.66. The molecule has 1 nitrogen and oxygen atoms in total. The quantitative estimate of drug-likeness (QED) is 0.696. The van der Waals surface area contributed by atoms with Crippen molar-refractivity contribution < 1.29 is 0 Å². The minimum Gasteiger partial charge on any atom is -0.398 e. The Morgan fingerprint density at radius 1 is 1.40 bits per heavy atom. The van der Waals surface area contributed by atoms with Gasteiger partial charge in [0.05, 0.1) is 10.7 Å². The van der Waals surface area contributed by atoms with Crippen molar-refractivity contribution in [3.63, 3.8) is 0 Å². The van der Waals surface area contributed by atoms with Crippen molar-refractivity contribution in [2.24, 2.45) is 0 Å². The summed E-state index contributed by atoms with van der Waals surface area (Å²) in [6.07, 6.45) is 0. The summed E-state index contributed by atoms with van der Waals surface area (Å²) in [6.45, 7) is 0. The minimum atomic E-state index is 0. The number of hydrogen-bond donors (Lipinski definition) is 1. The molecular formula is C6H6BrCl2N. The molecule has 0 saturated carbocycles. The Labute approximate surface area is 79.1 Å². The van der Waals surface area contributed by atoms with Gasteiger partial charge in [0.15, 0.2) is 0 Å². The fourth-order valence-electron chi connectivity index (χ4n) is 0.502. The Hall–Kier alpha value is 0.0800. The highest BCUT2D eigenvalue weighted by Crippen LogP contribution is 2.22. The third kappa shape index (κ3) is 2.37. The maximum atomic E-state index is 5.66. The first-order chi connectivity index (χ1) is 4.20. The molecule has 0 radical (unpaired) electrons. The molecule has 1 aromatic carbocycles. The molecule has 0 aliphatic heterocycles. The van der Waals surface area contributed by atoms with E-state index in [0.29, 0.717) is 10.7 Å². The fourth-order valence-corrected chi connectivity index (χ4v) is 1.17. The lowest BCUT2D eigenvalue weighted by atomic mass is 10.3. The summed E-state index contributed by atoms with van der Waals surface area (Å²) in [5.74, 6) is 0. The van der Waals surface area contributed by atoms with Crippen LogP contribution in [-0.2, 0) is 0 Å². The van der Waals surface area contributed by atoms with Gasteiger partial charge in [-0.3, -0.25) is 0 Å². The summed E-state index contributed by atoms with van der Waals surface area (Å²) >= 11 is 8.92. The Bertz CT molecular complexity index is 227. The zero-order chi connectivity index (χ0) is 6.85. The van der Waals surface area contributed by atoms with Crippen LogP contribution in [0.4, 0.5) is 5.69 Å². The lowest BCUT2D eigenvalue weighted by Gasteiger charge is -1.95. The van der Waals surface area contributed by atoms with Crippen molar-refractivity contribution in [3.8, 4) is 0 Å². The zero-order valence-corrected chi connectivity index (χ0v) is 8.13. The summed E-state index contributed by atoms with van der Waals surface area (Å²) in [5.41, 5.74) is 6.05. The second-order valence-corrected chi connectivity index (χ2v) is 2.99. The number of benzene rings is 1. The van der Waals surface area contributed by atoms with Crippen LogP contribution in [0.15, 0.2) is 22.7 Å². The first kappa shape index (κ1) is 10.1. The molecule has 56 valence electrons. The predicted octanol–water partition coefficient (Wildman–Crippen LogP) is 3.11. The molecular weight excluding hydrogens is 237 g/mol. The maximum Gasteiger partial charge on any atom is 0.0646 e. The van der Waals surface area contributed by atoms with E-state index in [-0.39, 0.29) is 12.4 Å². The summed E-state index contributed by atoms with van der Waals surface area (Å²) in [5, 5.41) is 0.587. The molecule has 0 aliphatic rings. The van der Waals surface area contributed by atoms with E-state index < -0.39 is 0 Å². The van der Waals surface area contributed by atoms with Crippen LogP contribution in [0.25, 0.3) is 0 Å². The van der Waals surface area contributed by atoms with E-state index in [2.05, 4.69) is 15.9 Å². The smallest absolute Gasteiger partial charge is 0.0646 e. The van der Waals surface area contributed by atoms with Gasteiger partial charge < -0.3 is 5.73 Å². The Morgan fingerprint density at radius 3 is 2.40 bits per heavy atom. The molecule has 0 bridgehead atoms. The molecule has 0 fully saturated rings. The Balaban J connectivity index is 0.000000810. The van der Waals surface area contributed by atoms with E-state index in [1.54, 1.807) is 12.1 Å². The third-order valence-electron chi connectivity index (χ3n) is 0.962. The highest BCUT2D eigenvalue weighted by Gasteiger charge is 1.93. The molecule has 0 amide bonds. The van der Waals surface area contributed by atoms with Gasteiger partial charge >= 0.3 is 0 Å². The van der Waals surface area contributed by atoms with Crippen LogP contribution < -0.4 is 5.73 Å². The molecule has 0 unspecified atom stereocenters. The largest absolute Gasteiger partial charge is 0.398 e. The van der Waals surface area contributed by atoms with Crippen LogP contribution in [0, 0.1) is 0 Å². The lowest BCUT2D eigenvalue weighted by molar-refractivity contribution is 1.64. The molecule has 1 rings (SSSR count). The average molecular weight is 243 g/mol. The van der Waals surface area contributed by atoms with E-state index >= 15 is 0 Å². The Morgan fingerprint density at radius 2 is 2.00 bits per heavy atom. The molecule has 4 heteroatoms. The summed E-state index contributed by atoms with van der Waals surface area (Å²) in [7, 11) is 0. The van der Waals surface area contributed by atoms with E-state index in [9.17, 15) is 0 Å². The van der Waals surface area contributed by atoms with Gasteiger partial charge in [-0.15, -0.1) is 12.4 Å². The molecule has 0 heterocycles. The van der Waals surface area contributed by atoms with E-state index in [1.807, 2.05) is 6.07 Å². The minimum absolute atomic E-state index is 0. The molecule has 0 saturated heterocycles. The molecule has 0 aromatic heterocycles. The standard InChI is InChI=1S/C6H5BrClN.ClH/c7-4-1-2-6(9)5(8)3-4;/h1-3H,9H2;1H. The van der Waals surface area contributed by atoms with Crippen molar-refractivity contribution in [1.82, 2.24) is 0 Å². The van der Waals surface area contributed by atoms with Gasteiger partial charge in [-0.1, -0.05) is 27.5 Å². The third-order valence-corrected chi connectivity index (χ3v) is 1.78. The molecule has 0 atom stereocenters. The van der Waals surface area contributed by atoms with Crippen LogP contribution >= 0.6 is 39.9 Å². The molecule has 2 N–H and O–H groups in total. The van der Waals surface area contributed by atoms with Crippen LogP contribution in [-0.4, -0.2) is 0 Å². The summed E-state index contributed by atoms with van der Waals surface area (Å²) in [6, 6.07) is 5.37. The fraction of sp³-hybridized carbons (Fsp3) is 0. The predicted molar refractivity (Wildman–Crippen MR) is 50.8 cm³/mol. The highest BCUT2D eigenvalue weighted by atomic mass is 79.9. The second-order valence-electron chi connectivity index (χ2n) is 1.67. The number of rotatable bonds is 0. The van der Waals surface area contributed by atoms with Crippen molar-refractivity contribution in [2.45, 2.75) is 0 Å². The molecule has 10 heavy (non-hydrogen) atoms. The summed E-state index contributed by atoms with van der Waals surface area (Å²) < 4.78 is 0.946. The van der Waals surface area contributed by atoms with Crippen LogP contribution in [0.1, 0.15) is 0 Å². The van der Waals surface area contributed by atoms with Gasteiger partial charge in [0, 0.05) is 4.47 Å². The normalized spacial score (nSPS) is 8.60. The van der Waals surface area contributed by atoms with Crippen LogP contribution in [0.2, 0.25) is 5.02 Å². The second kappa shape index (κ2) is 4.06.